The van der Waals surface area contributed by atoms with E-state index >= 15 is 0 Å². The van der Waals surface area contributed by atoms with Crippen molar-refractivity contribution in [1.82, 2.24) is 0 Å². The Bertz CT molecular complexity index is 731. The van der Waals surface area contributed by atoms with E-state index in [9.17, 15) is 19.8 Å². The summed E-state index contributed by atoms with van der Waals surface area (Å²) in [6.07, 6.45) is -0.879. The second kappa shape index (κ2) is 5.97. The van der Waals surface area contributed by atoms with Crippen LogP contribution >= 0.6 is 0 Å². The van der Waals surface area contributed by atoms with Gasteiger partial charge in [0.05, 0.1) is 13.2 Å². The van der Waals surface area contributed by atoms with Crippen molar-refractivity contribution in [3.63, 3.8) is 0 Å². The molecule has 2 rings (SSSR count). The molecule has 0 bridgehead atoms. The Balaban J connectivity index is 2.44. The van der Waals surface area contributed by atoms with Gasteiger partial charge in [-0.3, -0.25) is 4.79 Å². The van der Waals surface area contributed by atoms with Gasteiger partial charge in [0, 0.05) is 18.9 Å². The van der Waals surface area contributed by atoms with Gasteiger partial charge in [0.15, 0.2) is 0 Å². The van der Waals surface area contributed by atoms with Crippen LogP contribution in [0.4, 0.5) is 0 Å². The molecule has 0 aliphatic rings. The molecule has 0 saturated heterocycles. The molecule has 0 saturated carbocycles. The Labute approximate surface area is 120 Å². The fraction of sp³-hybridized carbons (Fsp3) is 0.333. The number of carbonyl (C=O) groups excluding carboxylic acids is 1. The number of aliphatic hydroxyl groups is 1. The zero-order valence-electron chi connectivity index (χ0n) is 11.8. The third-order valence-corrected chi connectivity index (χ3v) is 3.06. The summed E-state index contributed by atoms with van der Waals surface area (Å²) in [6, 6.07) is 4.46. The van der Waals surface area contributed by atoms with Crippen molar-refractivity contribution < 1.29 is 24.2 Å². The molecule has 0 radical (unpaired) electrons. The molecule has 2 N–H and O–H groups in total. The molecule has 1 atom stereocenters. The van der Waals surface area contributed by atoms with Gasteiger partial charge in [0.1, 0.15) is 28.4 Å². The maximum Gasteiger partial charge on any atom is 0.347 e. The molecule has 0 aliphatic carbocycles. The Morgan fingerprint density at radius 2 is 2.10 bits per heavy atom. The van der Waals surface area contributed by atoms with E-state index in [0.717, 1.165) is 0 Å². The van der Waals surface area contributed by atoms with Crippen molar-refractivity contribution in [1.29, 1.82) is 0 Å². The average molecular weight is 292 g/mol. The average Bonchev–Trinajstić information content (AvgIpc) is 2.36. The number of aliphatic hydroxyl groups excluding tert-OH is 1. The van der Waals surface area contributed by atoms with E-state index in [1.165, 1.54) is 20.1 Å². The Kier molecular flexibility index (Phi) is 4.28. The Morgan fingerprint density at radius 1 is 1.38 bits per heavy atom. The number of fused-ring (bicyclic) bond motifs is 1. The number of phenols is 1. The van der Waals surface area contributed by atoms with Gasteiger partial charge in [-0.05, 0) is 24.4 Å². The predicted molar refractivity (Wildman–Crippen MR) is 75.7 cm³/mol. The second-order valence-corrected chi connectivity index (χ2v) is 4.88. The molecular formula is C15H16O6. The number of methoxy groups -OCH3 is 1. The number of hydrogen-bond donors (Lipinski definition) is 2. The highest BCUT2D eigenvalue weighted by molar-refractivity contribution is 5.88. The summed E-state index contributed by atoms with van der Waals surface area (Å²) in [7, 11) is 1.45. The van der Waals surface area contributed by atoms with Crippen LogP contribution in [-0.4, -0.2) is 29.2 Å². The highest BCUT2D eigenvalue weighted by Crippen LogP contribution is 2.28. The topological polar surface area (TPSA) is 97.0 Å². The predicted octanol–water partition coefficient (Wildman–Crippen LogP) is 1.39. The van der Waals surface area contributed by atoms with Gasteiger partial charge < -0.3 is 19.4 Å². The van der Waals surface area contributed by atoms with Crippen LogP contribution in [0, 0.1) is 0 Å². The number of phenolic OH excluding ortho intramolecular Hbond substituents is 1. The summed E-state index contributed by atoms with van der Waals surface area (Å²) in [5.41, 5.74) is -0.697. The maximum atomic E-state index is 11.9. The molecule has 1 aromatic carbocycles. The monoisotopic (exact) mass is 292 g/mol. The highest BCUT2D eigenvalue weighted by Gasteiger charge is 2.14. The van der Waals surface area contributed by atoms with E-state index in [1.54, 1.807) is 12.1 Å². The molecule has 6 nitrogen and oxygen atoms in total. The minimum atomic E-state index is -0.915. The molecule has 0 fully saturated rings. The fourth-order valence-electron chi connectivity index (χ4n) is 2.19. The molecule has 21 heavy (non-hydrogen) atoms. The first-order valence-electron chi connectivity index (χ1n) is 6.42. The third-order valence-electron chi connectivity index (χ3n) is 3.06. The number of ether oxygens (including phenoxy) is 1. The van der Waals surface area contributed by atoms with Gasteiger partial charge in [-0.25, -0.2) is 4.79 Å². The van der Waals surface area contributed by atoms with Crippen LogP contribution < -0.4 is 10.4 Å². The molecule has 2 aromatic rings. The van der Waals surface area contributed by atoms with E-state index in [0.29, 0.717) is 11.1 Å². The smallest absolute Gasteiger partial charge is 0.347 e. The first-order valence-corrected chi connectivity index (χ1v) is 6.42. The van der Waals surface area contributed by atoms with Crippen molar-refractivity contribution in [3.05, 3.63) is 34.4 Å². The first kappa shape index (κ1) is 15.1. The van der Waals surface area contributed by atoms with E-state index in [2.05, 4.69) is 0 Å². The number of benzene rings is 1. The minimum Gasteiger partial charge on any atom is -0.507 e. The lowest BCUT2D eigenvalue weighted by Gasteiger charge is -2.09. The quantitative estimate of drug-likeness (QED) is 0.864. The van der Waals surface area contributed by atoms with Crippen LogP contribution in [0.2, 0.25) is 0 Å². The van der Waals surface area contributed by atoms with Gasteiger partial charge in [0.25, 0.3) is 0 Å². The molecule has 0 unspecified atom stereocenters. The van der Waals surface area contributed by atoms with Gasteiger partial charge in [-0.2, -0.15) is 0 Å². The first-order chi connectivity index (χ1) is 9.90. The Hall–Kier alpha value is -2.34. The van der Waals surface area contributed by atoms with Crippen molar-refractivity contribution in [3.8, 4) is 11.5 Å². The van der Waals surface area contributed by atoms with Crippen molar-refractivity contribution in [2.75, 3.05) is 7.11 Å². The van der Waals surface area contributed by atoms with Gasteiger partial charge in [-0.15, -0.1) is 0 Å². The molecule has 1 heterocycles. The molecule has 6 heteroatoms. The normalized spacial score (nSPS) is 12.3. The number of aromatic hydroxyl groups is 1. The fourth-order valence-corrected chi connectivity index (χ4v) is 2.19. The Morgan fingerprint density at radius 3 is 2.71 bits per heavy atom. The lowest BCUT2D eigenvalue weighted by Crippen LogP contribution is -2.15. The van der Waals surface area contributed by atoms with E-state index in [-0.39, 0.29) is 35.5 Å². The summed E-state index contributed by atoms with van der Waals surface area (Å²) in [6.45, 7) is 1.38. The summed E-state index contributed by atoms with van der Waals surface area (Å²) in [5.74, 6) is 0.272. The number of Topliss-reactive ketones (excluding diaryl/α,β-unsaturated/α-hetero) is 1. The molecule has 0 spiro atoms. The van der Waals surface area contributed by atoms with Crippen molar-refractivity contribution in [2.45, 2.75) is 25.9 Å². The van der Waals surface area contributed by atoms with Gasteiger partial charge in [-0.1, -0.05) is 0 Å². The van der Waals surface area contributed by atoms with Crippen molar-refractivity contribution in [2.24, 2.45) is 0 Å². The minimum absolute atomic E-state index is 0.00882. The number of rotatable bonds is 5. The molecular weight excluding hydrogens is 276 g/mol. The SMILES string of the molecule is COc1cc(O)c2c(=O)oc(C[C@H](O)CC(C)=O)cc2c1. The molecule has 1 aromatic heterocycles. The zero-order valence-corrected chi connectivity index (χ0v) is 11.8. The van der Waals surface area contributed by atoms with Crippen molar-refractivity contribution >= 4 is 16.6 Å². The van der Waals surface area contributed by atoms with E-state index in [1.807, 2.05) is 0 Å². The lowest BCUT2D eigenvalue weighted by molar-refractivity contribution is -0.118. The van der Waals surface area contributed by atoms with E-state index < -0.39 is 11.7 Å². The molecule has 112 valence electrons. The molecule has 0 aliphatic heterocycles. The van der Waals surface area contributed by atoms with Crippen LogP contribution in [0.3, 0.4) is 0 Å². The van der Waals surface area contributed by atoms with Crippen LogP contribution in [0.5, 0.6) is 11.5 Å². The van der Waals surface area contributed by atoms with Crippen LogP contribution in [-0.2, 0) is 11.2 Å². The number of carbonyl (C=O) groups is 1. The third kappa shape index (κ3) is 3.41. The van der Waals surface area contributed by atoms with Crippen LogP contribution in [0.1, 0.15) is 19.1 Å². The van der Waals surface area contributed by atoms with E-state index in [4.69, 9.17) is 9.15 Å². The highest BCUT2D eigenvalue weighted by atomic mass is 16.5. The number of ketones is 1. The zero-order chi connectivity index (χ0) is 15.6. The standard InChI is InChI=1S/C15H16O6/c1-8(16)3-10(17)6-12-5-9-4-11(20-2)7-13(18)14(9)15(19)21-12/h4-5,7,10,17-18H,3,6H2,1-2H3/t10-/m1/s1. The summed E-state index contributed by atoms with van der Waals surface area (Å²) in [5, 5.41) is 20.1. The lowest BCUT2D eigenvalue weighted by atomic mass is 10.1. The van der Waals surface area contributed by atoms with Crippen LogP contribution in [0.25, 0.3) is 10.8 Å². The maximum absolute atomic E-state index is 11.9. The number of hydrogen-bond acceptors (Lipinski definition) is 6. The largest absolute Gasteiger partial charge is 0.507 e. The van der Waals surface area contributed by atoms with Gasteiger partial charge in [0.2, 0.25) is 0 Å². The summed E-state index contributed by atoms with van der Waals surface area (Å²) >= 11 is 0. The summed E-state index contributed by atoms with van der Waals surface area (Å²) < 4.78 is 10.1. The second-order valence-electron chi connectivity index (χ2n) is 4.88. The van der Waals surface area contributed by atoms with Crippen LogP contribution in [0.15, 0.2) is 27.4 Å². The molecule has 0 amide bonds. The van der Waals surface area contributed by atoms with Gasteiger partial charge >= 0.3 is 5.63 Å². The summed E-state index contributed by atoms with van der Waals surface area (Å²) in [4.78, 5) is 22.9.